The Hall–Kier alpha value is -1.56. The third kappa shape index (κ3) is 4.50. The highest BCUT2D eigenvalue weighted by molar-refractivity contribution is 14.0. The number of fused-ring (bicyclic) bond motifs is 1. The summed E-state index contributed by atoms with van der Waals surface area (Å²) in [6, 6.07) is 2.96. The van der Waals surface area contributed by atoms with Crippen LogP contribution in [0, 0.1) is 0 Å². The fourth-order valence-corrected chi connectivity index (χ4v) is 2.35. The molecule has 134 valence electrons. The van der Waals surface area contributed by atoms with Crippen molar-refractivity contribution >= 4 is 29.9 Å². The molecule has 0 saturated carbocycles. The maximum Gasteiger partial charge on any atom is 0.387 e. The molecule has 1 aromatic rings. The molecule has 1 aromatic carbocycles. The molecule has 0 unspecified atom stereocenters. The van der Waals surface area contributed by atoms with E-state index >= 15 is 0 Å². The molecule has 0 aliphatic carbocycles. The smallest absolute Gasteiger partial charge is 0.387 e. The summed E-state index contributed by atoms with van der Waals surface area (Å²) < 4.78 is 45.3. The first-order valence-corrected chi connectivity index (χ1v) is 7.13. The Morgan fingerprint density at radius 2 is 1.92 bits per heavy atom. The molecule has 2 aliphatic heterocycles. The molecule has 1 fully saturated rings. The van der Waals surface area contributed by atoms with Crippen LogP contribution in [0.4, 0.5) is 8.78 Å². The molecule has 0 aromatic heterocycles. The van der Waals surface area contributed by atoms with Crippen LogP contribution in [0.2, 0.25) is 0 Å². The van der Waals surface area contributed by atoms with Crippen LogP contribution in [-0.2, 0) is 11.3 Å². The third-order valence-electron chi connectivity index (χ3n) is 3.52. The number of halogens is 3. The van der Waals surface area contributed by atoms with Crippen molar-refractivity contribution in [2.45, 2.75) is 13.2 Å². The zero-order valence-corrected chi connectivity index (χ0v) is 15.1. The van der Waals surface area contributed by atoms with E-state index in [4.69, 9.17) is 19.9 Å². The minimum absolute atomic E-state index is 0. The summed E-state index contributed by atoms with van der Waals surface area (Å²) in [5, 5.41) is 0. The highest BCUT2D eigenvalue weighted by atomic mass is 127. The van der Waals surface area contributed by atoms with Crippen molar-refractivity contribution in [2.75, 3.05) is 33.1 Å². The predicted octanol–water partition coefficient (Wildman–Crippen LogP) is 1.78. The van der Waals surface area contributed by atoms with E-state index in [0.29, 0.717) is 49.3 Å². The number of hydrogen-bond acceptors (Lipinski definition) is 5. The van der Waals surface area contributed by atoms with Gasteiger partial charge in [0.15, 0.2) is 17.5 Å². The van der Waals surface area contributed by atoms with Crippen molar-refractivity contribution in [1.29, 1.82) is 0 Å². The SMILES string of the molecule is I.NC(=NCc1cc2c(cc1OC(F)F)OCO2)N1CCOCC1. The van der Waals surface area contributed by atoms with Crippen molar-refractivity contribution in [2.24, 2.45) is 10.7 Å². The van der Waals surface area contributed by atoms with Gasteiger partial charge in [0, 0.05) is 24.7 Å². The summed E-state index contributed by atoms with van der Waals surface area (Å²) in [5.41, 5.74) is 6.39. The lowest BCUT2D eigenvalue weighted by molar-refractivity contribution is -0.0505. The van der Waals surface area contributed by atoms with Crippen LogP contribution >= 0.6 is 24.0 Å². The van der Waals surface area contributed by atoms with E-state index in [1.165, 1.54) is 6.07 Å². The zero-order valence-electron chi connectivity index (χ0n) is 12.7. The van der Waals surface area contributed by atoms with Crippen molar-refractivity contribution in [1.82, 2.24) is 4.90 Å². The van der Waals surface area contributed by atoms with Crippen LogP contribution in [0.25, 0.3) is 0 Å². The second-order valence-corrected chi connectivity index (χ2v) is 4.97. The Morgan fingerprint density at radius 3 is 2.58 bits per heavy atom. The van der Waals surface area contributed by atoms with Crippen LogP contribution in [-0.4, -0.2) is 50.6 Å². The first kappa shape index (κ1) is 18.8. The third-order valence-corrected chi connectivity index (χ3v) is 3.52. The van der Waals surface area contributed by atoms with Gasteiger partial charge in [-0.1, -0.05) is 0 Å². The molecule has 3 rings (SSSR count). The number of ether oxygens (including phenoxy) is 4. The molecule has 0 spiro atoms. The van der Waals surface area contributed by atoms with Gasteiger partial charge in [-0.25, -0.2) is 4.99 Å². The molecule has 2 aliphatic rings. The standard InChI is InChI=1S/C14H17F2N3O4.HI/c15-13(16)23-10-6-12-11(21-8-22-12)5-9(10)7-18-14(17)19-1-3-20-4-2-19;/h5-6,13H,1-4,7-8H2,(H2,17,18);1H. The fourth-order valence-electron chi connectivity index (χ4n) is 2.35. The maximum atomic E-state index is 12.6. The van der Waals surface area contributed by atoms with E-state index in [0.717, 1.165) is 0 Å². The lowest BCUT2D eigenvalue weighted by atomic mass is 10.1. The van der Waals surface area contributed by atoms with Crippen molar-refractivity contribution < 1.29 is 27.7 Å². The van der Waals surface area contributed by atoms with Crippen LogP contribution in [0.5, 0.6) is 17.2 Å². The summed E-state index contributed by atoms with van der Waals surface area (Å²) in [4.78, 5) is 6.13. The summed E-state index contributed by atoms with van der Waals surface area (Å²) >= 11 is 0. The molecule has 2 N–H and O–H groups in total. The number of nitrogens with zero attached hydrogens (tertiary/aromatic N) is 2. The monoisotopic (exact) mass is 457 g/mol. The van der Waals surface area contributed by atoms with Gasteiger partial charge in [0.1, 0.15) is 5.75 Å². The second-order valence-electron chi connectivity index (χ2n) is 4.97. The number of rotatable bonds is 4. The van der Waals surface area contributed by atoms with E-state index in [2.05, 4.69) is 9.73 Å². The minimum Gasteiger partial charge on any atom is -0.454 e. The molecule has 10 heteroatoms. The summed E-state index contributed by atoms with van der Waals surface area (Å²) in [6.07, 6.45) is 0. The van der Waals surface area contributed by atoms with Gasteiger partial charge >= 0.3 is 6.61 Å². The van der Waals surface area contributed by atoms with Gasteiger partial charge < -0.3 is 29.6 Å². The van der Waals surface area contributed by atoms with Gasteiger partial charge in [0.05, 0.1) is 19.8 Å². The number of morpholine rings is 1. The van der Waals surface area contributed by atoms with Crippen LogP contribution < -0.4 is 19.9 Å². The number of nitrogens with two attached hydrogens (primary N) is 1. The molecule has 0 atom stereocenters. The van der Waals surface area contributed by atoms with Gasteiger partial charge in [-0.2, -0.15) is 8.78 Å². The van der Waals surface area contributed by atoms with Gasteiger partial charge in [0.2, 0.25) is 6.79 Å². The van der Waals surface area contributed by atoms with E-state index < -0.39 is 6.61 Å². The van der Waals surface area contributed by atoms with Gasteiger partial charge in [-0.3, -0.25) is 0 Å². The van der Waals surface area contributed by atoms with Gasteiger partial charge in [-0.15, -0.1) is 24.0 Å². The molecule has 0 bridgehead atoms. The van der Waals surface area contributed by atoms with Crippen LogP contribution in [0.15, 0.2) is 17.1 Å². The Labute approximate surface area is 154 Å². The molecule has 2 heterocycles. The van der Waals surface area contributed by atoms with E-state index in [-0.39, 0.29) is 43.1 Å². The number of hydrogen-bond donors (Lipinski definition) is 1. The number of guanidine groups is 1. The predicted molar refractivity (Wildman–Crippen MR) is 92.3 cm³/mol. The summed E-state index contributed by atoms with van der Waals surface area (Å²) in [6.45, 7) is -0.323. The quantitative estimate of drug-likeness (QED) is 0.422. The first-order valence-electron chi connectivity index (χ1n) is 7.13. The number of aliphatic imine (C=N–C) groups is 1. The summed E-state index contributed by atoms with van der Waals surface area (Å²) in [7, 11) is 0. The lowest BCUT2D eigenvalue weighted by Crippen LogP contribution is -2.44. The molecule has 24 heavy (non-hydrogen) atoms. The van der Waals surface area contributed by atoms with Crippen molar-refractivity contribution in [3.8, 4) is 17.2 Å². The molecule has 7 nitrogen and oxygen atoms in total. The average molecular weight is 457 g/mol. The Morgan fingerprint density at radius 1 is 1.25 bits per heavy atom. The Kier molecular flexibility index (Phi) is 6.66. The van der Waals surface area contributed by atoms with Crippen LogP contribution in [0.1, 0.15) is 5.56 Å². The van der Waals surface area contributed by atoms with E-state index in [9.17, 15) is 8.78 Å². The van der Waals surface area contributed by atoms with E-state index in [1.54, 1.807) is 6.07 Å². The molecular weight excluding hydrogens is 439 g/mol. The number of benzene rings is 1. The van der Waals surface area contributed by atoms with Gasteiger partial charge in [-0.05, 0) is 6.07 Å². The van der Waals surface area contributed by atoms with E-state index in [1.807, 2.05) is 4.90 Å². The fraction of sp³-hybridized carbons (Fsp3) is 0.500. The second kappa shape index (κ2) is 8.51. The Bertz CT molecular complexity index is 598. The summed E-state index contributed by atoms with van der Waals surface area (Å²) in [5.74, 6) is 1.19. The maximum absolute atomic E-state index is 12.6. The van der Waals surface area contributed by atoms with Crippen LogP contribution in [0.3, 0.4) is 0 Å². The highest BCUT2D eigenvalue weighted by Gasteiger charge is 2.20. The average Bonchev–Trinajstić information content (AvgIpc) is 2.99. The largest absolute Gasteiger partial charge is 0.454 e. The first-order chi connectivity index (χ1) is 11.1. The molecule has 0 amide bonds. The Balaban J connectivity index is 0.00000208. The highest BCUT2D eigenvalue weighted by Crippen LogP contribution is 2.39. The topological polar surface area (TPSA) is 78.5 Å². The number of alkyl halides is 2. The van der Waals surface area contributed by atoms with Crippen molar-refractivity contribution in [3.63, 3.8) is 0 Å². The van der Waals surface area contributed by atoms with Gasteiger partial charge in [0.25, 0.3) is 0 Å². The minimum atomic E-state index is -2.94. The molecule has 0 radical (unpaired) electrons. The molecular formula is C14H18F2IN3O4. The van der Waals surface area contributed by atoms with Crippen molar-refractivity contribution in [3.05, 3.63) is 17.7 Å². The lowest BCUT2D eigenvalue weighted by Gasteiger charge is -2.27. The zero-order chi connectivity index (χ0) is 16.2. The normalized spacial score (nSPS) is 17.0. The molecule has 1 saturated heterocycles.